The average molecular weight is 221 g/mol. The molecular weight excluding hydrogens is 201 g/mol. The minimum Gasteiger partial charge on any atom is -0.306 e. The van der Waals surface area contributed by atoms with Crippen molar-refractivity contribution in [2.75, 3.05) is 14.1 Å². The van der Waals surface area contributed by atoms with Crippen molar-refractivity contribution in [1.82, 2.24) is 4.90 Å². The van der Waals surface area contributed by atoms with Crippen molar-refractivity contribution in [3.8, 4) is 0 Å². The molecule has 3 atom stereocenters. The summed E-state index contributed by atoms with van der Waals surface area (Å²) in [4.78, 5) is 2.31. The van der Waals surface area contributed by atoms with Crippen LogP contribution in [0.4, 0.5) is 4.39 Å². The van der Waals surface area contributed by atoms with Gasteiger partial charge in [0.2, 0.25) is 0 Å². The second-order valence-electron chi connectivity index (χ2n) is 5.22. The topological polar surface area (TPSA) is 3.24 Å². The van der Waals surface area contributed by atoms with E-state index in [1.807, 2.05) is 12.1 Å². The minimum atomic E-state index is -0.140. The lowest BCUT2D eigenvalue weighted by Gasteiger charge is -2.19. The lowest BCUT2D eigenvalue weighted by molar-refractivity contribution is 0.292. The molecule has 0 heterocycles. The summed E-state index contributed by atoms with van der Waals surface area (Å²) in [7, 11) is 4.29. The van der Waals surface area contributed by atoms with Gasteiger partial charge < -0.3 is 4.90 Å². The third-order valence-corrected chi connectivity index (χ3v) is 3.89. The van der Waals surface area contributed by atoms with E-state index >= 15 is 0 Å². The molecule has 1 aliphatic rings. The van der Waals surface area contributed by atoms with Gasteiger partial charge in [-0.3, -0.25) is 0 Å². The summed E-state index contributed by atoms with van der Waals surface area (Å²) < 4.78 is 12.9. The summed E-state index contributed by atoms with van der Waals surface area (Å²) in [6, 6.07) is 7.70. The molecule has 0 spiro atoms. The van der Waals surface area contributed by atoms with Gasteiger partial charge in [0.1, 0.15) is 5.82 Å². The van der Waals surface area contributed by atoms with Gasteiger partial charge in [-0.25, -0.2) is 4.39 Å². The first kappa shape index (κ1) is 11.6. The maximum atomic E-state index is 12.9. The lowest BCUT2D eigenvalue weighted by Crippen LogP contribution is -2.24. The van der Waals surface area contributed by atoms with E-state index in [-0.39, 0.29) is 5.82 Å². The molecule has 0 radical (unpaired) electrons. The van der Waals surface area contributed by atoms with Gasteiger partial charge >= 0.3 is 0 Å². The van der Waals surface area contributed by atoms with Gasteiger partial charge in [-0.15, -0.1) is 0 Å². The number of hydrogen-bond acceptors (Lipinski definition) is 1. The van der Waals surface area contributed by atoms with Gasteiger partial charge in [0.25, 0.3) is 0 Å². The number of halogens is 1. The van der Waals surface area contributed by atoms with Crippen LogP contribution in [0.1, 0.15) is 31.2 Å². The van der Waals surface area contributed by atoms with E-state index in [1.165, 1.54) is 18.4 Å². The first-order valence-corrected chi connectivity index (χ1v) is 6.00. The molecule has 2 rings (SSSR count). The Kier molecular flexibility index (Phi) is 3.29. The van der Waals surface area contributed by atoms with Gasteiger partial charge in [0, 0.05) is 6.04 Å². The zero-order valence-electron chi connectivity index (χ0n) is 10.3. The molecule has 1 unspecified atom stereocenters. The van der Waals surface area contributed by atoms with Gasteiger partial charge in [-0.1, -0.05) is 19.1 Å². The SMILES string of the molecule is C[C@@H]1C[C@H](N(C)C)CC1c1ccc(F)cc1. The molecule has 0 saturated heterocycles. The molecule has 1 nitrogen and oxygen atoms in total. The fourth-order valence-corrected chi connectivity index (χ4v) is 2.81. The Morgan fingerprint density at radius 2 is 1.75 bits per heavy atom. The summed E-state index contributed by atoms with van der Waals surface area (Å²) >= 11 is 0. The summed E-state index contributed by atoms with van der Waals surface area (Å²) in [6.45, 7) is 2.30. The lowest BCUT2D eigenvalue weighted by atomic mass is 9.90. The standard InChI is InChI=1S/C14H20FN/c1-10-8-13(16(2)3)9-14(10)11-4-6-12(15)7-5-11/h4-7,10,13-14H,8-9H2,1-3H3/t10-,13+,14?/m1/s1. The summed E-state index contributed by atoms with van der Waals surface area (Å²) in [5, 5.41) is 0. The highest BCUT2D eigenvalue weighted by molar-refractivity contribution is 5.22. The first-order chi connectivity index (χ1) is 7.58. The molecule has 88 valence electrons. The summed E-state index contributed by atoms with van der Waals surface area (Å²) in [6.07, 6.45) is 2.44. The molecule has 1 saturated carbocycles. The monoisotopic (exact) mass is 221 g/mol. The van der Waals surface area contributed by atoms with Crippen LogP contribution in [-0.4, -0.2) is 25.0 Å². The van der Waals surface area contributed by atoms with E-state index in [0.717, 1.165) is 0 Å². The van der Waals surface area contributed by atoms with Crippen LogP contribution in [0.3, 0.4) is 0 Å². The van der Waals surface area contributed by atoms with Crippen molar-refractivity contribution in [3.05, 3.63) is 35.6 Å². The average Bonchev–Trinajstić information content (AvgIpc) is 2.62. The van der Waals surface area contributed by atoms with E-state index in [2.05, 4.69) is 25.9 Å². The molecule has 16 heavy (non-hydrogen) atoms. The van der Waals surface area contributed by atoms with Gasteiger partial charge in [0.15, 0.2) is 0 Å². The van der Waals surface area contributed by atoms with Crippen LogP contribution in [-0.2, 0) is 0 Å². The Balaban J connectivity index is 2.13. The maximum absolute atomic E-state index is 12.9. The van der Waals surface area contributed by atoms with Crippen LogP contribution in [0.15, 0.2) is 24.3 Å². The van der Waals surface area contributed by atoms with Crippen molar-refractivity contribution in [3.63, 3.8) is 0 Å². The predicted molar refractivity (Wildman–Crippen MR) is 65.0 cm³/mol. The largest absolute Gasteiger partial charge is 0.306 e. The molecule has 0 amide bonds. The molecule has 1 aromatic rings. The second kappa shape index (κ2) is 4.54. The molecule has 2 heteroatoms. The minimum absolute atomic E-state index is 0.140. The fourth-order valence-electron chi connectivity index (χ4n) is 2.81. The van der Waals surface area contributed by atoms with Crippen molar-refractivity contribution in [2.45, 2.75) is 31.7 Å². The predicted octanol–water partition coefficient (Wildman–Crippen LogP) is 3.27. The molecule has 1 aromatic carbocycles. The fraction of sp³-hybridized carbons (Fsp3) is 0.571. The second-order valence-corrected chi connectivity index (χ2v) is 5.22. The van der Waals surface area contributed by atoms with Crippen molar-refractivity contribution < 1.29 is 4.39 Å². The summed E-state index contributed by atoms with van der Waals surface area (Å²) in [5.74, 6) is 1.14. The molecule has 0 bridgehead atoms. The molecular formula is C14H20FN. The Labute approximate surface area is 97.3 Å². The normalized spacial score (nSPS) is 29.9. The van der Waals surface area contributed by atoms with E-state index < -0.39 is 0 Å². The van der Waals surface area contributed by atoms with Crippen LogP contribution in [0.5, 0.6) is 0 Å². The first-order valence-electron chi connectivity index (χ1n) is 6.00. The highest BCUT2D eigenvalue weighted by Crippen LogP contribution is 2.40. The number of nitrogens with zero attached hydrogens (tertiary/aromatic N) is 1. The zero-order chi connectivity index (χ0) is 11.7. The van der Waals surface area contributed by atoms with E-state index in [0.29, 0.717) is 17.9 Å². The quantitative estimate of drug-likeness (QED) is 0.741. The molecule has 0 aromatic heterocycles. The van der Waals surface area contributed by atoms with Crippen LogP contribution in [0.25, 0.3) is 0 Å². The van der Waals surface area contributed by atoms with Crippen molar-refractivity contribution in [2.24, 2.45) is 5.92 Å². The maximum Gasteiger partial charge on any atom is 0.123 e. The Morgan fingerprint density at radius 3 is 2.25 bits per heavy atom. The summed E-state index contributed by atoms with van der Waals surface area (Å²) in [5.41, 5.74) is 1.29. The molecule has 0 N–H and O–H groups in total. The van der Waals surface area contributed by atoms with Crippen LogP contribution >= 0.6 is 0 Å². The van der Waals surface area contributed by atoms with Crippen LogP contribution in [0.2, 0.25) is 0 Å². The van der Waals surface area contributed by atoms with Crippen LogP contribution in [0, 0.1) is 11.7 Å². The van der Waals surface area contributed by atoms with Crippen molar-refractivity contribution in [1.29, 1.82) is 0 Å². The molecule has 1 fully saturated rings. The number of benzene rings is 1. The smallest absolute Gasteiger partial charge is 0.123 e. The zero-order valence-corrected chi connectivity index (χ0v) is 10.3. The van der Waals surface area contributed by atoms with E-state index in [9.17, 15) is 4.39 Å². The van der Waals surface area contributed by atoms with Crippen molar-refractivity contribution >= 4 is 0 Å². The third kappa shape index (κ3) is 2.27. The Bertz CT molecular complexity index is 344. The van der Waals surface area contributed by atoms with E-state index in [1.54, 1.807) is 12.1 Å². The third-order valence-electron chi connectivity index (χ3n) is 3.89. The Morgan fingerprint density at radius 1 is 1.12 bits per heavy atom. The number of rotatable bonds is 2. The van der Waals surface area contributed by atoms with Crippen LogP contribution < -0.4 is 0 Å². The Hall–Kier alpha value is -0.890. The highest BCUT2D eigenvalue weighted by Gasteiger charge is 2.33. The van der Waals surface area contributed by atoms with Gasteiger partial charge in [-0.05, 0) is 56.5 Å². The number of hydrogen-bond donors (Lipinski definition) is 0. The highest BCUT2D eigenvalue weighted by atomic mass is 19.1. The van der Waals surface area contributed by atoms with Gasteiger partial charge in [0.05, 0.1) is 0 Å². The molecule has 0 aliphatic heterocycles. The van der Waals surface area contributed by atoms with E-state index in [4.69, 9.17) is 0 Å². The van der Waals surface area contributed by atoms with Gasteiger partial charge in [-0.2, -0.15) is 0 Å². The molecule has 1 aliphatic carbocycles.